The van der Waals surface area contributed by atoms with Crippen molar-refractivity contribution in [1.29, 1.82) is 0 Å². The Morgan fingerprint density at radius 2 is 1.93 bits per heavy atom. The number of amides is 2. The lowest BCUT2D eigenvalue weighted by molar-refractivity contribution is -0.134. The quantitative estimate of drug-likeness (QED) is 0.288. The molecule has 1 aliphatic heterocycles. The van der Waals surface area contributed by atoms with Gasteiger partial charge in [-0.15, -0.1) is 0 Å². The van der Waals surface area contributed by atoms with Gasteiger partial charge in [0.25, 0.3) is 5.91 Å². The van der Waals surface area contributed by atoms with Crippen LogP contribution in [0, 0.1) is 11.7 Å². The van der Waals surface area contributed by atoms with Crippen molar-refractivity contribution in [3.05, 3.63) is 119 Å². The molecule has 1 atom stereocenters. The van der Waals surface area contributed by atoms with Gasteiger partial charge in [-0.3, -0.25) is 14.6 Å². The Morgan fingerprint density at radius 3 is 2.70 bits per heavy atom. The third kappa shape index (κ3) is 6.39. The molecule has 1 N–H and O–H groups in total. The molecule has 1 aliphatic rings. The van der Waals surface area contributed by atoms with Crippen LogP contribution in [-0.4, -0.2) is 28.2 Å². The fraction of sp³-hybridized carbons (Fsp3) is 0.281. The molecule has 5 rings (SSSR count). The molecule has 3 heterocycles. The molecular formula is C32H32FN3O4. The minimum Gasteiger partial charge on any atom is -0.486 e. The summed E-state index contributed by atoms with van der Waals surface area (Å²) in [6.07, 6.45) is 4.48. The number of furan rings is 1. The van der Waals surface area contributed by atoms with Crippen LogP contribution in [-0.2, 0) is 24.4 Å². The van der Waals surface area contributed by atoms with Gasteiger partial charge in [0, 0.05) is 31.9 Å². The highest BCUT2D eigenvalue weighted by atomic mass is 19.1. The molecule has 8 heteroatoms. The van der Waals surface area contributed by atoms with E-state index >= 15 is 0 Å². The van der Waals surface area contributed by atoms with Crippen LogP contribution in [0.4, 0.5) is 4.39 Å². The molecule has 0 unspecified atom stereocenters. The number of aromatic nitrogens is 1. The Balaban J connectivity index is 1.31. The summed E-state index contributed by atoms with van der Waals surface area (Å²) in [5.41, 5.74) is 3.68. The monoisotopic (exact) mass is 541 g/mol. The number of rotatable bonds is 9. The summed E-state index contributed by atoms with van der Waals surface area (Å²) in [6, 6.07) is 18.8. The lowest BCUT2D eigenvalue weighted by Gasteiger charge is -2.38. The van der Waals surface area contributed by atoms with E-state index in [1.54, 1.807) is 30.6 Å². The summed E-state index contributed by atoms with van der Waals surface area (Å²) in [5, 5.41) is 2.83. The van der Waals surface area contributed by atoms with E-state index in [1.807, 2.05) is 55.1 Å². The van der Waals surface area contributed by atoms with E-state index in [4.69, 9.17) is 9.15 Å². The molecule has 2 aromatic carbocycles. The Hall–Kier alpha value is -4.46. The second kappa shape index (κ2) is 12.2. The minimum absolute atomic E-state index is 0.0477. The highest BCUT2D eigenvalue weighted by molar-refractivity contribution is 5.91. The maximum atomic E-state index is 14.2. The largest absolute Gasteiger partial charge is 0.486 e. The van der Waals surface area contributed by atoms with E-state index < -0.39 is 6.04 Å². The van der Waals surface area contributed by atoms with E-state index in [2.05, 4.69) is 10.3 Å². The van der Waals surface area contributed by atoms with Crippen molar-refractivity contribution in [2.45, 2.75) is 45.9 Å². The van der Waals surface area contributed by atoms with Crippen LogP contribution in [0.5, 0.6) is 5.75 Å². The van der Waals surface area contributed by atoms with Gasteiger partial charge in [-0.25, -0.2) is 4.39 Å². The van der Waals surface area contributed by atoms with Gasteiger partial charge in [0.2, 0.25) is 5.91 Å². The number of nitrogens with one attached hydrogen (secondary N) is 1. The fourth-order valence-corrected chi connectivity index (χ4v) is 4.96. The number of carbonyl (C=O) groups is 2. The third-order valence-electron chi connectivity index (χ3n) is 6.88. The number of fused-ring (bicyclic) bond motifs is 1. The van der Waals surface area contributed by atoms with Gasteiger partial charge in [0.05, 0.1) is 6.04 Å². The predicted octanol–water partition coefficient (Wildman–Crippen LogP) is 5.84. The Labute approximate surface area is 233 Å². The van der Waals surface area contributed by atoms with E-state index in [-0.39, 0.29) is 35.9 Å². The topological polar surface area (TPSA) is 84.7 Å². The highest BCUT2D eigenvalue weighted by Crippen LogP contribution is 2.38. The molecule has 4 aromatic rings. The summed E-state index contributed by atoms with van der Waals surface area (Å²) in [7, 11) is 0. The standard InChI is InChI=1S/C32H32FN3O4/c1-21(2)16-30(37)36-15-12-23-6-7-26(18-28(23)31(36)24-4-3-5-25(33)17-24)39-20-27-8-9-29(40-27)32(38)35-19-22-10-13-34-14-11-22/h3-11,13-14,17-18,21,31H,12,15-16,19-20H2,1-2H3,(H,35,38)/t31-/m0/s1. The first-order chi connectivity index (χ1) is 19.4. The maximum absolute atomic E-state index is 14.2. The van der Waals surface area contributed by atoms with Crippen LogP contribution in [0.25, 0.3) is 0 Å². The van der Waals surface area contributed by atoms with Gasteiger partial charge in [-0.05, 0) is 83.1 Å². The maximum Gasteiger partial charge on any atom is 0.287 e. The molecule has 0 fully saturated rings. The van der Waals surface area contributed by atoms with Crippen LogP contribution in [0.15, 0.2) is 83.5 Å². The number of hydrogen-bond acceptors (Lipinski definition) is 5. The lowest BCUT2D eigenvalue weighted by Crippen LogP contribution is -2.41. The van der Waals surface area contributed by atoms with Crippen LogP contribution in [0.1, 0.15) is 64.9 Å². The molecule has 0 bridgehead atoms. The second-order valence-corrected chi connectivity index (χ2v) is 10.3. The number of halogens is 1. The second-order valence-electron chi connectivity index (χ2n) is 10.3. The van der Waals surface area contributed by atoms with E-state index in [1.165, 1.54) is 12.1 Å². The van der Waals surface area contributed by atoms with E-state index in [0.29, 0.717) is 37.4 Å². The van der Waals surface area contributed by atoms with Gasteiger partial charge in [-0.1, -0.05) is 32.0 Å². The SMILES string of the molecule is CC(C)CC(=O)N1CCc2ccc(OCc3ccc(C(=O)NCc4ccncc4)o3)cc2[C@@H]1c1cccc(F)c1. The van der Waals surface area contributed by atoms with Crippen molar-refractivity contribution in [3.63, 3.8) is 0 Å². The van der Waals surface area contributed by atoms with E-state index in [9.17, 15) is 14.0 Å². The van der Waals surface area contributed by atoms with Crippen molar-refractivity contribution in [2.24, 2.45) is 5.92 Å². The average molecular weight is 542 g/mol. The summed E-state index contributed by atoms with van der Waals surface area (Å²) >= 11 is 0. The van der Waals surface area contributed by atoms with Gasteiger partial charge < -0.3 is 19.4 Å². The first-order valence-corrected chi connectivity index (χ1v) is 13.4. The first kappa shape index (κ1) is 27.1. The molecule has 0 radical (unpaired) electrons. The smallest absolute Gasteiger partial charge is 0.287 e. The fourth-order valence-electron chi connectivity index (χ4n) is 4.96. The zero-order valence-corrected chi connectivity index (χ0v) is 22.6. The summed E-state index contributed by atoms with van der Waals surface area (Å²) in [4.78, 5) is 31.5. The highest BCUT2D eigenvalue weighted by Gasteiger charge is 2.32. The molecular weight excluding hydrogens is 509 g/mol. The number of pyridine rings is 1. The first-order valence-electron chi connectivity index (χ1n) is 13.4. The zero-order valence-electron chi connectivity index (χ0n) is 22.6. The molecule has 0 saturated heterocycles. The number of ether oxygens (including phenoxy) is 1. The molecule has 0 saturated carbocycles. The molecule has 2 aromatic heterocycles. The molecule has 206 valence electrons. The molecule has 0 aliphatic carbocycles. The summed E-state index contributed by atoms with van der Waals surface area (Å²) in [5.74, 6) is 0.899. The number of carbonyl (C=O) groups excluding carboxylic acids is 2. The Kier molecular flexibility index (Phi) is 8.24. The average Bonchev–Trinajstić information content (AvgIpc) is 3.43. The van der Waals surface area contributed by atoms with Gasteiger partial charge in [-0.2, -0.15) is 0 Å². The summed E-state index contributed by atoms with van der Waals surface area (Å²) in [6.45, 7) is 5.09. The number of hydrogen-bond donors (Lipinski definition) is 1. The molecule has 0 spiro atoms. The van der Waals surface area contributed by atoms with Crippen LogP contribution in [0.2, 0.25) is 0 Å². The number of benzene rings is 2. The van der Waals surface area contributed by atoms with Crippen LogP contribution >= 0.6 is 0 Å². The van der Waals surface area contributed by atoms with Gasteiger partial charge in [0.1, 0.15) is 23.9 Å². The van der Waals surface area contributed by atoms with Crippen molar-refractivity contribution in [1.82, 2.24) is 15.2 Å². The normalized spacial score (nSPS) is 14.6. The van der Waals surface area contributed by atoms with Crippen molar-refractivity contribution in [2.75, 3.05) is 6.54 Å². The molecule has 40 heavy (non-hydrogen) atoms. The van der Waals surface area contributed by atoms with Gasteiger partial charge >= 0.3 is 0 Å². The van der Waals surface area contributed by atoms with Crippen LogP contribution in [0.3, 0.4) is 0 Å². The summed E-state index contributed by atoms with van der Waals surface area (Å²) < 4.78 is 26.0. The lowest BCUT2D eigenvalue weighted by atomic mass is 9.87. The third-order valence-corrected chi connectivity index (χ3v) is 6.88. The van der Waals surface area contributed by atoms with Crippen LogP contribution < -0.4 is 10.1 Å². The Bertz CT molecular complexity index is 1480. The Morgan fingerprint density at radius 1 is 1.10 bits per heavy atom. The molecule has 7 nitrogen and oxygen atoms in total. The minimum atomic E-state index is -0.409. The predicted molar refractivity (Wildman–Crippen MR) is 148 cm³/mol. The number of nitrogens with zero attached hydrogens (tertiary/aromatic N) is 2. The van der Waals surface area contributed by atoms with E-state index in [0.717, 1.165) is 22.3 Å². The van der Waals surface area contributed by atoms with Crippen molar-refractivity contribution in [3.8, 4) is 5.75 Å². The van der Waals surface area contributed by atoms with Crippen molar-refractivity contribution < 1.29 is 23.1 Å². The van der Waals surface area contributed by atoms with Gasteiger partial charge in [0.15, 0.2) is 5.76 Å². The zero-order chi connectivity index (χ0) is 28.1. The van der Waals surface area contributed by atoms with Crippen molar-refractivity contribution >= 4 is 11.8 Å². The molecule has 2 amide bonds.